The standard InChI is InChI=1S/C17H19N5O2S/c1-9-20-15(22-12(17(23)24)6-10-7-18-8-19-10)14-11-4-2-3-5-13(11)25-16(14)21-9/h7-8,12H,2-6H2,1H3,(H,18,19)(H,23,24)(H,20,21,22)/t12-/m0/s1. The number of carboxylic acids is 1. The van der Waals surface area contributed by atoms with Crippen molar-refractivity contribution in [3.05, 3.63) is 34.5 Å². The van der Waals surface area contributed by atoms with E-state index in [0.717, 1.165) is 35.2 Å². The van der Waals surface area contributed by atoms with Gasteiger partial charge in [0.2, 0.25) is 0 Å². The van der Waals surface area contributed by atoms with E-state index in [1.54, 1.807) is 23.9 Å². The average Bonchev–Trinajstić information content (AvgIpc) is 3.20. The Balaban J connectivity index is 1.74. The van der Waals surface area contributed by atoms with E-state index in [2.05, 4.69) is 25.3 Å². The van der Waals surface area contributed by atoms with Crippen molar-refractivity contribution >= 4 is 33.3 Å². The van der Waals surface area contributed by atoms with Crippen molar-refractivity contribution in [3.8, 4) is 0 Å². The molecule has 1 aliphatic carbocycles. The highest BCUT2D eigenvalue weighted by atomic mass is 32.1. The zero-order valence-electron chi connectivity index (χ0n) is 13.9. The van der Waals surface area contributed by atoms with Crippen LogP contribution in [0.1, 0.15) is 34.8 Å². The lowest BCUT2D eigenvalue weighted by molar-refractivity contribution is -0.137. The lowest BCUT2D eigenvalue weighted by Gasteiger charge is -2.17. The molecular weight excluding hydrogens is 338 g/mol. The van der Waals surface area contributed by atoms with E-state index in [9.17, 15) is 9.90 Å². The first-order valence-corrected chi connectivity index (χ1v) is 9.19. The zero-order chi connectivity index (χ0) is 17.4. The summed E-state index contributed by atoms with van der Waals surface area (Å²) >= 11 is 1.71. The maximum absolute atomic E-state index is 11.7. The van der Waals surface area contributed by atoms with Gasteiger partial charge in [-0.2, -0.15) is 0 Å². The van der Waals surface area contributed by atoms with Gasteiger partial charge in [-0.25, -0.2) is 19.7 Å². The number of imidazole rings is 1. The third-order valence-electron chi connectivity index (χ3n) is 4.51. The smallest absolute Gasteiger partial charge is 0.326 e. The number of aromatic amines is 1. The van der Waals surface area contributed by atoms with E-state index in [1.807, 2.05) is 6.92 Å². The van der Waals surface area contributed by atoms with Crippen LogP contribution in [0.3, 0.4) is 0 Å². The van der Waals surface area contributed by atoms with Gasteiger partial charge in [-0.15, -0.1) is 11.3 Å². The van der Waals surface area contributed by atoms with Gasteiger partial charge in [-0.05, 0) is 38.2 Å². The van der Waals surface area contributed by atoms with Crippen molar-refractivity contribution in [1.82, 2.24) is 19.9 Å². The number of anilines is 1. The third-order valence-corrected chi connectivity index (χ3v) is 5.70. The Morgan fingerprint density at radius 2 is 2.24 bits per heavy atom. The lowest BCUT2D eigenvalue weighted by atomic mass is 9.97. The molecule has 3 aromatic rings. The number of H-pyrrole nitrogens is 1. The first-order valence-electron chi connectivity index (χ1n) is 8.37. The molecule has 8 heteroatoms. The molecule has 25 heavy (non-hydrogen) atoms. The summed E-state index contributed by atoms with van der Waals surface area (Å²) in [7, 11) is 0. The van der Waals surface area contributed by atoms with Crippen LogP contribution in [0.25, 0.3) is 10.2 Å². The summed E-state index contributed by atoms with van der Waals surface area (Å²) in [6.07, 6.45) is 7.95. The molecule has 0 spiro atoms. The monoisotopic (exact) mass is 357 g/mol. The molecule has 0 bridgehead atoms. The Labute approximate surface area is 148 Å². The molecule has 0 saturated carbocycles. The Morgan fingerprint density at radius 1 is 1.40 bits per heavy atom. The number of thiophene rings is 1. The summed E-state index contributed by atoms with van der Waals surface area (Å²) in [4.78, 5) is 30.1. The van der Waals surface area contributed by atoms with Gasteiger partial charge in [0.05, 0.1) is 11.7 Å². The van der Waals surface area contributed by atoms with E-state index >= 15 is 0 Å². The fourth-order valence-corrected chi connectivity index (χ4v) is 4.66. The molecule has 0 aliphatic heterocycles. The van der Waals surface area contributed by atoms with Gasteiger partial charge in [0.15, 0.2) is 0 Å². The minimum absolute atomic E-state index is 0.312. The Kier molecular flexibility index (Phi) is 4.12. The van der Waals surface area contributed by atoms with Crippen LogP contribution in [0.15, 0.2) is 12.5 Å². The zero-order valence-corrected chi connectivity index (χ0v) is 14.7. The SMILES string of the molecule is Cc1nc(N[C@@H](Cc2cnc[nH]2)C(=O)O)c2c3c(sc2n1)CCCC3. The molecule has 1 aliphatic rings. The number of nitrogens with one attached hydrogen (secondary N) is 2. The number of fused-ring (bicyclic) bond motifs is 3. The van der Waals surface area contributed by atoms with Crippen LogP contribution in [0, 0.1) is 6.92 Å². The molecule has 1 atom stereocenters. The van der Waals surface area contributed by atoms with E-state index in [4.69, 9.17) is 0 Å². The highest BCUT2D eigenvalue weighted by Gasteiger charge is 2.24. The first-order chi connectivity index (χ1) is 12.1. The number of hydrogen-bond acceptors (Lipinski definition) is 6. The second-order valence-corrected chi connectivity index (χ2v) is 7.41. The Hall–Kier alpha value is -2.48. The van der Waals surface area contributed by atoms with Crippen LogP contribution in [0.4, 0.5) is 5.82 Å². The van der Waals surface area contributed by atoms with Crippen molar-refractivity contribution in [1.29, 1.82) is 0 Å². The van der Waals surface area contributed by atoms with Gasteiger partial charge in [-0.3, -0.25) is 0 Å². The molecule has 7 nitrogen and oxygen atoms in total. The van der Waals surface area contributed by atoms with Gasteiger partial charge in [0.1, 0.15) is 22.5 Å². The molecule has 130 valence electrons. The van der Waals surface area contributed by atoms with Gasteiger partial charge in [-0.1, -0.05) is 0 Å². The normalized spacial score (nSPS) is 15.1. The maximum atomic E-state index is 11.7. The fraction of sp³-hybridized carbons (Fsp3) is 0.412. The summed E-state index contributed by atoms with van der Waals surface area (Å²) in [6.45, 7) is 1.84. The second-order valence-electron chi connectivity index (χ2n) is 6.33. The number of carboxylic acid groups (broad SMARTS) is 1. The molecule has 3 aromatic heterocycles. The highest BCUT2D eigenvalue weighted by molar-refractivity contribution is 7.19. The minimum atomic E-state index is -0.914. The molecule has 3 heterocycles. The van der Waals surface area contributed by atoms with Crippen molar-refractivity contribution in [2.75, 3.05) is 5.32 Å². The lowest BCUT2D eigenvalue weighted by Crippen LogP contribution is -2.32. The molecule has 0 saturated heterocycles. The topological polar surface area (TPSA) is 104 Å². The van der Waals surface area contributed by atoms with Crippen LogP contribution in [-0.4, -0.2) is 37.1 Å². The summed E-state index contributed by atoms with van der Waals surface area (Å²) < 4.78 is 0. The molecule has 0 radical (unpaired) electrons. The Bertz CT molecular complexity index is 919. The molecule has 4 rings (SSSR count). The molecule has 0 amide bonds. The largest absolute Gasteiger partial charge is 0.480 e. The van der Waals surface area contributed by atoms with Crippen LogP contribution < -0.4 is 5.32 Å². The summed E-state index contributed by atoms with van der Waals surface area (Å²) in [5.74, 6) is 0.371. The molecule has 0 fully saturated rings. The van der Waals surface area contributed by atoms with Gasteiger partial charge in [0, 0.05) is 23.2 Å². The number of hydrogen-bond donors (Lipinski definition) is 3. The maximum Gasteiger partial charge on any atom is 0.326 e. The second kappa shape index (κ2) is 6.44. The van der Waals surface area contributed by atoms with Crippen molar-refractivity contribution in [2.24, 2.45) is 0 Å². The van der Waals surface area contributed by atoms with Crippen molar-refractivity contribution < 1.29 is 9.90 Å². The van der Waals surface area contributed by atoms with Gasteiger partial charge >= 0.3 is 5.97 Å². The minimum Gasteiger partial charge on any atom is -0.480 e. The number of carbonyl (C=O) groups is 1. The predicted molar refractivity (Wildman–Crippen MR) is 96.1 cm³/mol. The van der Waals surface area contributed by atoms with Gasteiger partial charge < -0.3 is 15.4 Å². The van der Waals surface area contributed by atoms with E-state index < -0.39 is 12.0 Å². The fourth-order valence-electron chi connectivity index (χ4n) is 3.35. The van der Waals surface area contributed by atoms with Crippen molar-refractivity contribution in [3.63, 3.8) is 0 Å². The molecule has 0 aromatic carbocycles. The van der Waals surface area contributed by atoms with Crippen LogP contribution in [0.5, 0.6) is 0 Å². The molecule has 3 N–H and O–H groups in total. The first kappa shape index (κ1) is 16.0. The summed E-state index contributed by atoms with van der Waals surface area (Å²) in [5.41, 5.74) is 2.06. The Morgan fingerprint density at radius 3 is 3.00 bits per heavy atom. The molecule has 0 unspecified atom stereocenters. The van der Waals surface area contributed by atoms with E-state index in [1.165, 1.54) is 16.9 Å². The average molecular weight is 357 g/mol. The van der Waals surface area contributed by atoms with Crippen molar-refractivity contribution in [2.45, 2.75) is 45.1 Å². The van der Waals surface area contributed by atoms with Crippen LogP contribution in [0.2, 0.25) is 0 Å². The van der Waals surface area contributed by atoms with E-state index in [0.29, 0.717) is 18.1 Å². The number of nitrogens with zero attached hydrogens (tertiary/aromatic N) is 3. The van der Waals surface area contributed by atoms with Gasteiger partial charge in [0.25, 0.3) is 0 Å². The highest BCUT2D eigenvalue weighted by Crippen LogP contribution is 2.38. The number of aliphatic carboxylic acids is 1. The van der Waals surface area contributed by atoms with Crippen LogP contribution in [-0.2, 0) is 24.1 Å². The molecular formula is C17H19N5O2S. The summed E-state index contributed by atoms with van der Waals surface area (Å²) in [5, 5.41) is 13.8. The number of aryl methyl sites for hydroxylation is 3. The third kappa shape index (κ3) is 3.09. The number of rotatable bonds is 5. The van der Waals surface area contributed by atoms with Crippen LogP contribution >= 0.6 is 11.3 Å². The summed E-state index contributed by atoms with van der Waals surface area (Å²) in [6, 6.07) is -0.780. The predicted octanol–water partition coefficient (Wildman–Crippen LogP) is 2.71. The number of aromatic nitrogens is 4. The quantitative estimate of drug-likeness (QED) is 0.649. The van der Waals surface area contributed by atoms with E-state index in [-0.39, 0.29) is 0 Å².